The van der Waals surface area contributed by atoms with Crippen molar-refractivity contribution in [1.29, 1.82) is 0 Å². The zero-order chi connectivity index (χ0) is 18.2. The van der Waals surface area contributed by atoms with Crippen molar-refractivity contribution in [2.75, 3.05) is 32.7 Å². The van der Waals surface area contributed by atoms with Crippen LogP contribution in [0.3, 0.4) is 0 Å². The molecule has 25 heavy (non-hydrogen) atoms. The molecule has 0 atom stereocenters. The second-order valence-corrected chi connectivity index (χ2v) is 5.23. The van der Waals surface area contributed by atoms with Crippen LogP contribution < -0.4 is 14.8 Å². The second kappa shape index (κ2) is 8.89. The number of nitrogens with zero attached hydrogens (tertiary/aromatic N) is 1. The predicted molar refractivity (Wildman–Crippen MR) is 92.5 cm³/mol. The van der Waals surface area contributed by atoms with E-state index in [0.717, 1.165) is 5.56 Å². The maximum absolute atomic E-state index is 13.3. The minimum Gasteiger partial charge on any atom is -0.496 e. The molecular weight excluding hydrogens is 327 g/mol. The van der Waals surface area contributed by atoms with Crippen molar-refractivity contribution >= 4 is 11.7 Å². The number of hydrogen-bond acceptors (Lipinski definition) is 4. The molecule has 2 aromatic carbocycles. The van der Waals surface area contributed by atoms with Gasteiger partial charge in [-0.15, -0.1) is 0 Å². The molecule has 0 aliphatic carbocycles. The average Bonchev–Trinajstić information content (AvgIpc) is 2.63. The van der Waals surface area contributed by atoms with Gasteiger partial charge in [0.15, 0.2) is 0 Å². The fourth-order valence-corrected chi connectivity index (χ4v) is 2.37. The third-order valence-corrected chi connectivity index (χ3v) is 3.62. The molecular formula is C18H21FN2O4. The number of benzene rings is 2. The largest absolute Gasteiger partial charge is 0.496 e. The lowest BCUT2D eigenvalue weighted by Crippen LogP contribution is -2.36. The molecule has 0 saturated heterocycles. The van der Waals surface area contributed by atoms with E-state index >= 15 is 0 Å². The molecule has 0 heterocycles. The lowest BCUT2D eigenvalue weighted by Gasteiger charge is -2.23. The van der Waals surface area contributed by atoms with Crippen LogP contribution in [0.4, 0.5) is 14.9 Å². The SMILES string of the molecule is COc1ccccc1CN(CCO)C(=O)Nc1ccc(F)cc1OC. The number of hydrogen-bond donors (Lipinski definition) is 2. The summed E-state index contributed by atoms with van der Waals surface area (Å²) in [4.78, 5) is 14.0. The molecule has 0 radical (unpaired) electrons. The Morgan fingerprint density at radius 2 is 1.88 bits per heavy atom. The number of anilines is 1. The highest BCUT2D eigenvalue weighted by Gasteiger charge is 2.17. The predicted octanol–water partition coefficient (Wildman–Crippen LogP) is 2.87. The first-order valence-corrected chi connectivity index (χ1v) is 7.71. The third-order valence-electron chi connectivity index (χ3n) is 3.62. The van der Waals surface area contributed by atoms with E-state index in [-0.39, 0.29) is 25.4 Å². The molecule has 0 fully saturated rings. The van der Waals surface area contributed by atoms with Crippen LogP contribution in [0.1, 0.15) is 5.56 Å². The summed E-state index contributed by atoms with van der Waals surface area (Å²) >= 11 is 0. The topological polar surface area (TPSA) is 71.0 Å². The fourth-order valence-electron chi connectivity index (χ4n) is 2.37. The van der Waals surface area contributed by atoms with Gasteiger partial charge in [-0.2, -0.15) is 0 Å². The number of aliphatic hydroxyl groups excluding tert-OH is 1. The summed E-state index contributed by atoms with van der Waals surface area (Å²) in [5.41, 5.74) is 1.15. The van der Waals surface area contributed by atoms with Crippen molar-refractivity contribution in [3.05, 3.63) is 53.8 Å². The van der Waals surface area contributed by atoms with E-state index in [2.05, 4.69) is 5.32 Å². The van der Waals surface area contributed by atoms with Crippen molar-refractivity contribution in [2.24, 2.45) is 0 Å². The van der Waals surface area contributed by atoms with Gasteiger partial charge < -0.3 is 24.8 Å². The lowest BCUT2D eigenvalue weighted by atomic mass is 10.2. The Labute approximate surface area is 145 Å². The minimum absolute atomic E-state index is 0.132. The van der Waals surface area contributed by atoms with Crippen LogP contribution in [0, 0.1) is 5.82 Å². The number of carbonyl (C=O) groups excluding carboxylic acids is 1. The number of rotatable bonds is 7. The highest BCUT2D eigenvalue weighted by atomic mass is 19.1. The van der Waals surface area contributed by atoms with Gasteiger partial charge in [-0.3, -0.25) is 0 Å². The maximum Gasteiger partial charge on any atom is 0.322 e. The summed E-state index contributed by atoms with van der Waals surface area (Å²) in [5, 5.41) is 11.9. The number of para-hydroxylation sites is 1. The third kappa shape index (κ3) is 4.84. The van der Waals surface area contributed by atoms with E-state index in [1.165, 1.54) is 30.2 Å². The highest BCUT2D eigenvalue weighted by molar-refractivity contribution is 5.91. The average molecular weight is 348 g/mol. The van der Waals surface area contributed by atoms with Crippen LogP contribution in [0.5, 0.6) is 11.5 Å². The van der Waals surface area contributed by atoms with Crippen molar-refractivity contribution in [1.82, 2.24) is 4.90 Å². The summed E-state index contributed by atoms with van der Waals surface area (Å²) in [6.45, 7) is 0.191. The van der Waals surface area contributed by atoms with E-state index in [9.17, 15) is 14.3 Å². The van der Waals surface area contributed by atoms with Gasteiger partial charge in [0, 0.05) is 18.2 Å². The van der Waals surface area contributed by atoms with E-state index in [4.69, 9.17) is 9.47 Å². The zero-order valence-corrected chi connectivity index (χ0v) is 14.2. The van der Waals surface area contributed by atoms with Gasteiger partial charge in [0.05, 0.1) is 33.1 Å². The van der Waals surface area contributed by atoms with Gasteiger partial charge in [-0.1, -0.05) is 18.2 Å². The number of carbonyl (C=O) groups is 1. The van der Waals surface area contributed by atoms with Crippen molar-refractivity contribution in [3.8, 4) is 11.5 Å². The van der Waals surface area contributed by atoms with Gasteiger partial charge >= 0.3 is 6.03 Å². The maximum atomic E-state index is 13.3. The molecule has 0 spiro atoms. The van der Waals surface area contributed by atoms with Crippen LogP contribution in [0.2, 0.25) is 0 Å². The zero-order valence-electron chi connectivity index (χ0n) is 14.2. The van der Waals surface area contributed by atoms with E-state index < -0.39 is 11.8 Å². The van der Waals surface area contributed by atoms with Gasteiger partial charge in [-0.05, 0) is 18.2 Å². The minimum atomic E-state index is -0.462. The summed E-state index contributed by atoms with van der Waals surface area (Å²) < 4.78 is 23.6. The Hall–Kier alpha value is -2.80. The molecule has 2 N–H and O–H groups in total. The Morgan fingerprint density at radius 3 is 2.56 bits per heavy atom. The summed E-state index contributed by atoms with van der Waals surface area (Å²) in [6.07, 6.45) is 0. The summed E-state index contributed by atoms with van der Waals surface area (Å²) in [5.74, 6) is 0.406. The quantitative estimate of drug-likeness (QED) is 0.807. The number of nitrogens with one attached hydrogen (secondary N) is 1. The highest BCUT2D eigenvalue weighted by Crippen LogP contribution is 2.26. The molecule has 0 aliphatic rings. The molecule has 7 heteroatoms. The van der Waals surface area contributed by atoms with Crippen LogP contribution >= 0.6 is 0 Å². The van der Waals surface area contributed by atoms with E-state index in [1.54, 1.807) is 13.2 Å². The number of methoxy groups -OCH3 is 2. The van der Waals surface area contributed by atoms with Crippen LogP contribution in [-0.4, -0.2) is 43.4 Å². The van der Waals surface area contributed by atoms with Crippen LogP contribution in [-0.2, 0) is 6.54 Å². The molecule has 6 nitrogen and oxygen atoms in total. The van der Waals surface area contributed by atoms with Crippen LogP contribution in [0.15, 0.2) is 42.5 Å². The number of urea groups is 1. The fraction of sp³-hybridized carbons (Fsp3) is 0.278. The first-order chi connectivity index (χ1) is 12.1. The normalized spacial score (nSPS) is 10.2. The molecule has 0 bridgehead atoms. The van der Waals surface area contributed by atoms with E-state index in [1.807, 2.05) is 18.2 Å². The Kier molecular flexibility index (Phi) is 6.59. The first-order valence-electron chi connectivity index (χ1n) is 7.71. The molecule has 2 amide bonds. The summed E-state index contributed by atoms with van der Waals surface area (Å²) in [7, 11) is 2.95. The smallest absolute Gasteiger partial charge is 0.322 e. The number of ether oxygens (including phenoxy) is 2. The van der Waals surface area contributed by atoms with Crippen molar-refractivity contribution < 1.29 is 23.8 Å². The molecule has 0 unspecified atom stereocenters. The van der Waals surface area contributed by atoms with Gasteiger partial charge in [0.25, 0.3) is 0 Å². The van der Waals surface area contributed by atoms with Crippen molar-refractivity contribution in [2.45, 2.75) is 6.54 Å². The Morgan fingerprint density at radius 1 is 1.16 bits per heavy atom. The number of halogens is 1. The van der Waals surface area contributed by atoms with Gasteiger partial charge in [0.1, 0.15) is 17.3 Å². The number of amides is 2. The molecule has 134 valence electrons. The Balaban J connectivity index is 2.18. The van der Waals surface area contributed by atoms with Gasteiger partial charge in [-0.25, -0.2) is 9.18 Å². The molecule has 0 aliphatic heterocycles. The second-order valence-electron chi connectivity index (χ2n) is 5.23. The molecule has 2 aromatic rings. The van der Waals surface area contributed by atoms with E-state index in [0.29, 0.717) is 11.4 Å². The molecule has 2 rings (SSSR count). The van der Waals surface area contributed by atoms with Crippen molar-refractivity contribution in [3.63, 3.8) is 0 Å². The lowest BCUT2D eigenvalue weighted by molar-refractivity contribution is 0.184. The van der Waals surface area contributed by atoms with Gasteiger partial charge in [0.2, 0.25) is 0 Å². The first kappa shape index (κ1) is 18.5. The number of aliphatic hydroxyl groups is 1. The summed E-state index contributed by atoms with van der Waals surface area (Å²) in [6, 6.07) is 10.7. The monoisotopic (exact) mass is 348 g/mol. The molecule has 0 aromatic heterocycles. The van der Waals surface area contributed by atoms with Crippen LogP contribution in [0.25, 0.3) is 0 Å². The Bertz CT molecular complexity index is 724. The standard InChI is InChI=1S/C18H21FN2O4/c1-24-16-6-4-3-5-13(16)12-21(9-10-22)18(23)20-15-8-7-14(19)11-17(15)25-2/h3-8,11,22H,9-10,12H2,1-2H3,(H,20,23). The molecule has 0 saturated carbocycles.